The monoisotopic (exact) mass is 206 g/mol. The molecule has 0 radical (unpaired) electrons. The van der Waals surface area contributed by atoms with Gasteiger partial charge in [-0.15, -0.1) is 0 Å². The molecular formula is C11H14N2S. The molecule has 1 aromatic rings. The molecule has 0 aromatic carbocycles. The fourth-order valence-corrected chi connectivity index (χ4v) is 1.74. The molecule has 0 fully saturated rings. The molecule has 0 aliphatic rings. The van der Waals surface area contributed by atoms with E-state index in [0.29, 0.717) is 6.54 Å². The smallest absolute Gasteiger partial charge is 0.0351 e. The number of hydrogen-bond donors (Lipinski definition) is 1. The van der Waals surface area contributed by atoms with Gasteiger partial charge in [0.1, 0.15) is 0 Å². The zero-order valence-corrected chi connectivity index (χ0v) is 9.05. The van der Waals surface area contributed by atoms with E-state index >= 15 is 0 Å². The molecule has 0 unspecified atom stereocenters. The third-order valence-corrected chi connectivity index (χ3v) is 2.84. The maximum absolute atomic E-state index is 5.49. The zero-order chi connectivity index (χ0) is 10.4. The van der Waals surface area contributed by atoms with Gasteiger partial charge in [0.15, 0.2) is 0 Å². The van der Waals surface area contributed by atoms with Crippen molar-refractivity contribution in [2.24, 2.45) is 5.73 Å². The second-order valence-corrected chi connectivity index (χ2v) is 3.96. The molecule has 1 aromatic heterocycles. The quantitative estimate of drug-likeness (QED) is 0.823. The lowest BCUT2D eigenvalue weighted by atomic mass is 10.2. The van der Waals surface area contributed by atoms with Crippen LogP contribution in [0.4, 0.5) is 0 Å². The topological polar surface area (TPSA) is 38.9 Å². The minimum Gasteiger partial charge on any atom is -0.326 e. The fraction of sp³-hybridized carbons (Fsp3) is 0.182. The summed E-state index contributed by atoms with van der Waals surface area (Å²) in [5.74, 6) is 0. The van der Waals surface area contributed by atoms with Crippen molar-refractivity contribution < 1.29 is 0 Å². The van der Waals surface area contributed by atoms with E-state index in [1.165, 1.54) is 0 Å². The number of aromatic nitrogens is 1. The molecule has 0 aliphatic heterocycles. The third kappa shape index (κ3) is 3.01. The number of nitrogens with two attached hydrogens (primary N) is 1. The first-order chi connectivity index (χ1) is 6.77. The third-order valence-electron chi connectivity index (χ3n) is 1.69. The Hall–Kier alpha value is -1.06. The Morgan fingerprint density at radius 3 is 3.00 bits per heavy atom. The van der Waals surface area contributed by atoms with Gasteiger partial charge in [0.05, 0.1) is 0 Å². The number of rotatable bonds is 4. The van der Waals surface area contributed by atoms with Crippen molar-refractivity contribution in [3.63, 3.8) is 0 Å². The van der Waals surface area contributed by atoms with Crippen molar-refractivity contribution in [3.05, 3.63) is 47.6 Å². The molecule has 0 saturated heterocycles. The van der Waals surface area contributed by atoms with Crippen LogP contribution in [0.1, 0.15) is 12.5 Å². The van der Waals surface area contributed by atoms with Crippen LogP contribution in [0.3, 0.4) is 0 Å². The number of hydrogen-bond acceptors (Lipinski definition) is 3. The van der Waals surface area contributed by atoms with Crippen LogP contribution in [0.5, 0.6) is 0 Å². The highest BCUT2D eigenvalue weighted by atomic mass is 32.2. The predicted molar refractivity (Wildman–Crippen MR) is 63.7 cm³/mol. The van der Waals surface area contributed by atoms with Gasteiger partial charge in [-0.1, -0.05) is 30.5 Å². The zero-order valence-electron chi connectivity index (χ0n) is 8.23. The summed E-state index contributed by atoms with van der Waals surface area (Å²) in [4.78, 5) is 6.18. The molecule has 1 heterocycles. The van der Waals surface area contributed by atoms with Gasteiger partial charge in [0, 0.05) is 29.4 Å². The van der Waals surface area contributed by atoms with Crippen LogP contribution in [-0.4, -0.2) is 11.5 Å². The van der Waals surface area contributed by atoms with Crippen LogP contribution in [-0.2, 0) is 0 Å². The number of thioether (sulfide) groups is 1. The fourth-order valence-electron chi connectivity index (χ4n) is 0.990. The molecule has 3 heteroatoms. The summed E-state index contributed by atoms with van der Waals surface area (Å²) in [6, 6.07) is 3.95. The highest BCUT2D eigenvalue weighted by Gasteiger charge is 2.02. The highest BCUT2D eigenvalue weighted by molar-refractivity contribution is 8.11. The van der Waals surface area contributed by atoms with Crippen LogP contribution in [0.25, 0.3) is 4.91 Å². The van der Waals surface area contributed by atoms with Crippen LogP contribution < -0.4 is 5.73 Å². The van der Waals surface area contributed by atoms with Gasteiger partial charge < -0.3 is 5.73 Å². The van der Waals surface area contributed by atoms with Crippen LogP contribution >= 0.6 is 11.8 Å². The molecule has 0 aliphatic carbocycles. The van der Waals surface area contributed by atoms with E-state index in [2.05, 4.69) is 11.6 Å². The lowest BCUT2D eigenvalue weighted by molar-refractivity contribution is 1.24. The molecule has 74 valence electrons. The molecule has 0 saturated carbocycles. The van der Waals surface area contributed by atoms with Gasteiger partial charge in [-0.25, -0.2) is 0 Å². The SMILES string of the molecule is C=C(CN)S/C(=C\C)c1cccnc1. The van der Waals surface area contributed by atoms with E-state index < -0.39 is 0 Å². The van der Waals surface area contributed by atoms with E-state index in [4.69, 9.17) is 5.73 Å². The summed E-state index contributed by atoms with van der Waals surface area (Å²) in [6.45, 7) is 6.36. The minimum atomic E-state index is 0.502. The summed E-state index contributed by atoms with van der Waals surface area (Å²) in [7, 11) is 0. The second kappa shape index (κ2) is 5.62. The standard InChI is InChI=1S/C11H14N2S/c1-3-11(14-9(2)7-12)10-5-4-6-13-8-10/h3-6,8H,2,7,12H2,1H3/b11-3-. The first-order valence-electron chi connectivity index (χ1n) is 4.40. The van der Waals surface area contributed by atoms with Crippen molar-refractivity contribution >= 4 is 16.7 Å². The molecule has 0 amide bonds. The summed E-state index contributed by atoms with van der Waals surface area (Å²) >= 11 is 1.60. The van der Waals surface area contributed by atoms with Crippen molar-refractivity contribution in [2.75, 3.05) is 6.54 Å². The summed E-state index contributed by atoms with van der Waals surface area (Å²) in [5, 5.41) is 0. The Morgan fingerprint density at radius 1 is 1.71 bits per heavy atom. The minimum absolute atomic E-state index is 0.502. The van der Waals surface area contributed by atoms with E-state index in [0.717, 1.165) is 15.4 Å². The van der Waals surface area contributed by atoms with Gasteiger partial charge in [0.25, 0.3) is 0 Å². The molecule has 1 rings (SSSR count). The van der Waals surface area contributed by atoms with Crippen molar-refractivity contribution in [2.45, 2.75) is 6.92 Å². The molecule has 2 nitrogen and oxygen atoms in total. The molecule has 0 atom stereocenters. The molecule has 0 bridgehead atoms. The van der Waals surface area contributed by atoms with Gasteiger partial charge in [-0.3, -0.25) is 4.98 Å². The summed E-state index contributed by atoms with van der Waals surface area (Å²) in [5.41, 5.74) is 6.60. The van der Waals surface area contributed by atoms with Crippen LogP contribution in [0.2, 0.25) is 0 Å². The normalized spacial score (nSPS) is 11.4. The Balaban J connectivity index is 2.79. The average molecular weight is 206 g/mol. The number of pyridine rings is 1. The Labute approximate surface area is 88.9 Å². The van der Waals surface area contributed by atoms with Gasteiger partial charge in [-0.05, 0) is 17.9 Å². The lowest BCUT2D eigenvalue weighted by Gasteiger charge is -2.06. The largest absolute Gasteiger partial charge is 0.326 e. The molecule has 14 heavy (non-hydrogen) atoms. The Kier molecular flexibility index (Phi) is 4.43. The van der Waals surface area contributed by atoms with Crippen LogP contribution in [0, 0.1) is 0 Å². The van der Waals surface area contributed by atoms with E-state index in [-0.39, 0.29) is 0 Å². The first kappa shape index (κ1) is 11.0. The van der Waals surface area contributed by atoms with Gasteiger partial charge >= 0.3 is 0 Å². The second-order valence-electron chi connectivity index (χ2n) is 2.74. The highest BCUT2D eigenvalue weighted by Crippen LogP contribution is 2.31. The first-order valence-corrected chi connectivity index (χ1v) is 5.22. The number of allylic oxidation sites excluding steroid dienone is 1. The van der Waals surface area contributed by atoms with Crippen molar-refractivity contribution in [3.8, 4) is 0 Å². The van der Waals surface area contributed by atoms with Crippen molar-refractivity contribution in [1.29, 1.82) is 0 Å². The van der Waals surface area contributed by atoms with Gasteiger partial charge in [-0.2, -0.15) is 0 Å². The van der Waals surface area contributed by atoms with E-state index in [9.17, 15) is 0 Å². The lowest BCUT2D eigenvalue weighted by Crippen LogP contribution is -1.98. The Morgan fingerprint density at radius 2 is 2.50 bits per heavy atom. The average Bonchev–Trinajstić information content (AvgIpc) is 2.26. The van der Waals surface area contributed by atoms with Crippen LogP contribution in [0.15, 0.2) is 42.1 Å². The maximum atomic E-state index is 5.49. The number of nitrogens with zero attached hydrogens (tertiary/aromatic N) is 1. The summed E-state index contributed by atoms with van der Waals surface area (Å²) < 4.78 is 0. The molecule has 2 N–H and O–H groups in total. The molecular weight excluding hydrogens is 192 g/mol. The maximum Gasteiger partial charge on any atom is 0.0351 e. The molecule has 0 spiro atoms. The predicted octanol–water partition coefficient (Wildman–Crippen LogP) is 2.65. The van der Waals surface area contributed by atoms with E-state index in [1.807, 2.05) is 31.3 Å². The van der Waals surface area contributed by atoms with Gasteiger partial charge in [0.2, 0.25) is 0 Å². The van der Waals surface area contributed by atoms with Crippen molar-refractivity contribution in [1.82, 2.24) is 4.98 Å². The van der Waals surface area contributed by atoms with E-state index in [1.54, 1.807) is 18.0 Å². The Bertz CT molecular complexity index is 330. The summed E-state index contributed by atoms with van der Waals surface area (Å²) in [6.07, 6.45) is 5.65.